The zero-order valence-corrected chi connectivity index (χ0v) is 14.0. The Kier molecular flexibility index (Phi) is 4.03. The molecular formula is C15H15NO5S2. The molecule has 23 heavy (non-hydrogen) atoms. The lowest BCUT2D eigenvalue weighted by Crippen LogP contribution is -2.35. The monoisotopic (exact) mass is 353 g/mol. The fraction of sp³-hybridized carbons (Fsp3) is 0.267. The third kappa shape index (κ3) is 2.57. The summed E-state index contributed by atoms with van der Waals surface area (Å²) in [5, 5.41) is 10.5. The first kappa shape index (κ1) is 15.8. The molecule has 1 aromatic heterocycles. The molecule has 1 aromatic carbocycles. The highest BCUT2D eigenvalue weighted by molar-refractivity contribution is 7.93. The number of thiophene rings is 1. The molecule has 2 heterocycles. The molecule has 122 valence electrons. The number of hydrogen-bond donors (Lipinski definition) is 1. The normalized spacial score (nSPS) is 14.4. The van der Waals surface area contributed by atoms with Crippen molar-refractivity contribution in [1.82, 2.24) is 0 Å². The molecule has 3 rings (SSSR count). The number of fused-ring (bicyclic) bond motifs is 1. The predicted octanol–water partition coefficient (Wildman–Crippen LogP) is 2.60. The van der Waals surface area contributed by atoms with E-state index in [1.807, 2.05) is 12.1 Å². The van der Waals surface area contributed by atoms with Gasteiger partial charge in [-0.25, -0.2) is 13.2 Å². The van der Waals surface area contributed by atoms with Crippen molar-refractivity contribution in [2.45, 2.75) is 17.7 Å². The lowest BCUT2D eigenvalue weighted by atomic mass is 10.0. The second-order valence-corrected chi connectivity index (χ2v) is 7.79. The van der Waals surface area contributed by atoms with Gasteiger partial charge in [0.1, 0.15) is 4.90 Å². The molecular weight excluding hydrogens is 338 g/mol. The van der Waals surface area contributed by atoms with E-state index in [9.17, 15) is 13.2 Å². The van der Waals surface area contributed by atoms with Gasteiger partial charge in [-0.1, -0.05) is 18.2 Å². The van der Waals surface area contributed by atoms with Gasteiger partial charge in [-0.2, -0.15) is 0 Å². The maximum absolute atomic E-state index is 13.0. The molecule has 8 heteroatoms. The minimum absolute atomic E-state index is 0.0981. The highest BCUT2D eigenvalue weighted by Gasteiger charge is 2.34. The number of methoxy groups -OCH3 is 1. The first-order chi connectivity index (χ1) is 11.0. The number of nitrogens with zero attached hydrogens (tertiary/aromatic N) is 1. The second-order valence-electron chi connectivity index (χ2n) is 5.08. The molecule has 1 aliphatic heterocycles. The van der Waals surface area contributed by atoms with E-state index in [2.05, 4.69) is 0 Å². The van der Waals surface area contributed by atoms with Crippen LogP contribution < -0.4 is 9.04 Å². The Morgan fingerprint density at radius 3 is 2.78 bits per heavy atom. The van der Waals surface area contributed by atoms with E-state index in [1.165, 1.54) is 16.8 Å². The average Bonchev–Trinajstić information content (AvgIpc) is 2.99. The minimum Gasteiger partial charge on any atom is -0.494 e. The summed E-state index contributed by atoms with van der Waals surface area (Å²) in [6, 6.07) is 7.34. The second kappa shape index (κ2) is 5.86. The van der Waals surface area contributed by atoms with E-state index < -0.39 is 16.0 Å². The van der Waals surface area contributed by atoms with Crippen LogP contribution in [0.2, 0.25) is 0 Å². The summed E-state index contributed by atoms with van der Waals surface area (Å²) in [6.45, 7) is 0.362. The Morgan fingerprint density at radius 2 is 2.09 bits per heavy atom. The Hall–Kier alpha value is -2.06. The van der Waals surface area contributed by atoms with Gasteiger partial charge in [0, 0.05) is 11.9 Å². The summed E-state index contributed by atoms with van der Waals surface area (Å²) in [6.07, 6.45) is 1.54. The van der Waals surface area contributed by atoms with Gasteiger partial charge in [-0.15, -0.1) is 11.3 Å². The molecule has 0 bridgehead atoms. The Bertz CT molecular complexity index is 857. The maximum atomic E-state index is 13.0. The third-order valence-electron chi connectivity index (χ3n) is 3.75. The van der Waals surface area contributed by atoms with Crippen LogP contribution in [-0.2, 0) is 16.4 Å². The number of sulfonamides is 1. The van der Waals surface area contributed by atoms with Gasteiger partial charge in [0.15, 0.2) is 10.6 Å². The Labute approximate surface area is 138 Å². The number of carboxylic acid groups (broad SMARTS) is 1. The number of carboxylic acids is 1. The van der Waals surface area contributed by atoms with Crippen molar-refractivity contribution < 1.29 is 23.1 Å². The van der Waals surface area contributed by atoms with Crippen LogP contribution in [0.4, 0.5) is 5.69 Å². The van der Waals surface area contributed by atoms with E-state index in [-0.39, 0.29) is 15.5 Å². The van der Waals surface area contributed by atoms with Crippen molar-refractivity contribution in [3.63, 3.8) is 0 Å². The zero-order chi connectivity index (χ0) is 16.6. The maximum Gasteiger partial charge on any atom is 0.349 e. The summed E-state index contributed by atoms with van der Waals surface area (Å²) in [4.78, 5) is 11.0. The summed E-state index contributed by atoms with van der Waals surface area (Å²) in [5.41, 5.74) is 1.61. The van der Waals surface area contributed by atoms with Crippen molar-refractivity contribution >= 4 is 33.0 Å². The molecule has 6 nitrogen and oxygen atoms in total. The van der Waals surface area contributed by atoms with Gasteiger partial charge in [0.05, 0.1) is 12.8 Å². The number of anilines is 1. The summed E-state index contributed by atoms with van der Waals surface area (Å²) in [5.74, 6) is -1.31. The van der Waals surface area contributed by atoms with Gasteiger partial charge in [0.25, 0.3) is 10.0 Å². The Balaban J connectivity index is 2.12. The van der Waals surface area contributed by atoms with E-state index in [4.69, 9.17) is 9.84 Å². The molecule has 1 N–H and O–H groups in total. The molecule has 1 aliphatic rings. The topological polar surface area (TPSA) is 83.9 Å². The van der Waals surface area contributed by atoms with Gasteiger partial charge >= 0.3 is 5.97 Å². The van der Waals surface area contributed by atoms with Gasteiger partial charge < -0.3 is 9.84 Å². The highest BCUT2D eigenvalue weighted by Crippen LogP contribution is 2.39. The van der Waals surface area contributed by atoms with Crippen molar-refractivity contribution in [2.24, 2.45) is 0 Å². The van der Waals surface area contributed by atoms with Crippen molar-refractivity contribution in [1.29, 1.82) is 0 Å². The summed E-state index contributed by atoms with van der Waals surface area (Å²) >= 11 is 0.851. The molecule has 0 spiro atoms. The van der Waals surface area contributed by atoms with E-state index in [1.54, 1.807) is 12.1 Å². The fourth-order valence-electron chi connectivity index (χ4n) is 2.72. The molecule has 0 atom stereocenters. The van der Waals surface area contributed by atoms with E-state index in [0.717, 1.165) is 23.3 Å². The lowest BCUT2D eigenvalue weighted by molar-refractivity contribution is 0.0698. The number of benzene rings is 1. The van der Waals surface area contributed by atoms with Gasteiger partial charge in [0.2, 0.25) is 0 Å². The van der Waals surface area contributed by atoms with Crippen molar-refractivity contribution in [3.8, 4) is 5.75 Å². The zero-order valence-electron chi connectivity index (χ0n) is 12.4. The summed E-state index contributed by atoms with van der Waals surface area (Å²) in [7, 11) is -2.60. The quantitative estimate of drug-likeness (QED) is 0.913. The molecule has 0 amide bonds. The average molecular weight is 353 g/mol. The van der Waals surface area contributed by atoms with Crippen molar-refractivity contribution in [2.75, 3.05) is 18.0 Å². The van der Waals surface area contributed by atoms with Crippen LogP contribution in [0.3, 0.4) is 0 Å². The van der Waals surface area contributed by atoms with Crippen LogP contribution in [0.25, 0.3) is 0 Å². The molecule has 0 fully saturated rings. The Morgan fingerprint density at radius 1 is 1.35 bits per heavy atom. The van der Waals surface area contributed by atoms with E-state index in [0.29, 0.717) is 18.7 Å². The van der Waals surface area contributed by atoms with E-state index >= 15 is 0 Å². The molecule has 0 saturated carbocycles. The number of aryl methyl sites for hydroxylation is 1. The standard InChI is InChI=1S/C15H15NO5S2/c1-21-13-12(9-22-14(13)15(17)18)23(19,20)16-8-4-6-10-5-2-3-7-11(10)16/h2-3,5,7,9H,4,6,8H2,1H3,(H,17,18). The first-order valence-electron chi connectivity index (χ1n) is 6.96. The largest absolute Gasteiger partial charge is 0.494 e. The first-order valence-corrected chi connectivity index (χ1v) is 9.28. The number of para-hydroxylation sites is 1. The number of hydrogen-bond acceptors (Lipinski definition) is 5. The smallest absolute Gasteiger partial charge is 0.349 e. The van der Waals surface area contributed by atoms with Gasteiger partial charge in [-0.3, -0.25) is 4.31 Å². The number of carbonyl (C=O) groups is 1. The SMILES string of the molecule is COc1c(S(=O)(=O)N2CCCc3ccccc32)csc1C(=O)O. The fourth-order valence-corrected chi connectivity index (χ4v) is 5.61. The van der Waals surface area contributed by atoms with Crippen LogP contribution >= 0.6 is 11.3 Å². The highest BCUT2D eigenvalue weighted by atomic mass is 32.2. The summed E-state index contributed by atoms with van der Waals surface area (Å²) < 4.78 is 32.5. The predicted molar refractivity (Wildman–Crippen MR) is 87.1 cm³/mol. The molecule has 0 radical (unpaired) electrons. The molecule has 0 saturated heterocycles. The number of rotatable bonds is 4. The lowest BCUT2D eigenvalue weighted by Gasteiger charge is -2.30. The number of aromatic carboxylic acids is 1. The van der Waals surface area contributed by atoms with Crippen LogP contribution in [-0.4, -0.2) is 33.1 Å². The van der Waals surface area contributed by atoms with Crippen LogP contribution in [0.15, 0.2) is 34.5 Å². The number of ether oxygens (including phenoxy) is 1. The molecule has 0 aliphatic carbocycles. The molecule has 2 aromatic rings. The van der Waals surface area contributed by atoms with Crippen LogP contribution in [0.5, 0.6) is 5.75 Å². The van der Waals surface area contributed by atoms with Crippen LogP contribution in [0.1, 0.15) is 21.7 Å². The minimum atomic E-state index is -3.88. The van der Waals surface area contributed by atoms with Crippen LogP contribution in [0, 0.1) is 0 Å². The van der Waals surface area contributed by atoms with Gasteiger partial charge in [-0.05, 0) is 24.5 Å². The molecule has 0 unspecified atom stereocenters. The van der Waals surface area contributed by atoms with Crippen molar-refractivity contribution in [3.05, 3.63) is 40.1 Å². The third-order valence-corrected chi connectivity index (χ3v) is 6.66.